The zero-order valence-electron chi connectivity index (χ0n) is 12.2. The average molecular weight is 261 g/mol. The fourth-order valence-electron chi connectivity index (χ4n) is 2.61. The van der Waals surface area contributed by atoms with E-state index in [2.05, 4.69) is 74.3 Å². The lowest BCUT2D eigenvalue weighted by atomic mass is 9.82. The van der Waals surface area contributed by atoms with Crippen LogP contribution in [0, 0.1) is 0 Å². The first-order chi connectivity index (χ1) is 9.55. The Morgan fingerprint density at radius 3 is 2.35 bits per heavy atom. The number of pyridine rings is 1. The van der Waals surface area contributed by atoms with Crippen LogP contribution in [0.25, 0.3) is 22.0 Å². The van der Waals surface area contributed by atoms with Crippen molar-refractivity contribution in [1.29, 1.82) is 0 Å². The second-order valence-electron chi connectivity index (χ2n) is 6.21. The summed E-state index contributed by atoms with van der Waals surface area (Å²) in [6.07, 6.45) is 1.98. The van der Waals surface area contributed by atoms with Crippen molar-refractivity contribution in [3.05, 3.63) is 66.4 Å². The maximum absolute atomic E-state index is 4.58. The predicted octanol–water partition coefficient (Wildman–Crippen LogP) is 5.20. The topological polar surface area (TPSA) is 12.9 Å². The molecule has 0 saturated heterocycles. The normalized spacial score (nSPS) is 11.8. The number of nitrogens with zero attached hydrogens (tertiary/aromatic N) is 1. The van der Waals surface area contributed by atoms with Crippen LogP contribution in [0.5, 0.6) is 0 Å². The predicted molar refractivity (Wildman–Crippen MR) is 85.9 cm³/mol. The van der Waals surface area contributed by atoms with Crippen LogP contribution in [0.1, 0.15) is 26.3 Å². The number of rotatable bonds is 1. The Balaban J connectivity index is 2.21. The second kappa shape index (κ2) is 4.75. The highest BCUT2D eigenvalue weighted by Crippen LogP contribution is 2.33. The van der Waals surface area contributed by atoms with E-state index in [9.17, 15) is 0 Å². The van der Waals surface area contributed by atoms with E-state index in [1.807, 2.05) is 12.3 Å². The molecular formula is C19H19N. The van der Waals surface area contributed by atoms with Crippen LogP contribution < -0.4 is 0 Å². The molecular weight excluding hydrogens is 242 g/mol. The molecule has 3 aromatic rings. The molecule has 0 aliphatic rings. The lowest BCUT2D eigenvalue weighted by molar-refractivity contribution is 0.592. The molecule has 0 atom stereocenters. The molecule has 0 fully saturated rings. The first kappa shape index (κ1) is 12.9. The van der Waals surface area contributed by atoms with E-state index in [1.165, 1.54) is 22.1 Å². The number of fused-ring (bicyclic) bond motifs is 1. The third-order valence-electron chi connectivity index (χ3n) is 3.64. The van der Waals surface area contributed by atoms with Crippen LogP contribution in [0.15, 0.2) is 60.8 Å². The monoisotopic (exact) mass is 261 g/mol. The fraction of sp³-hybridized carbons (Fsp3) is 0.211. The molecule has 0 bridgehead atoms. The van der Waals surface area contributed by atoms with Crippen molar-refractivity contribution < 1.29 is 0 Å². The first-order valence-electron chi connectivity index (χ1n) is 7.00. The van der Waals surface area contributed by atoms with Gasteiger partial charge in [0.25, 0.3) is 0 Å². The second-order valence-corrected chi connectivity index (χ2v) is 6.21. The van der Waals surface area contributed by atoms with E-state index in [4.69, 9.17) is 0 Å². The summed E-state index contributed by atoms with van der Waals surface area (Å²) in [5, 5.41) is 1.19. The van der Waals surface area contributed by atoms with Crippen LogP contribution in [0.2, 0.25) is 0 Å². The molecule has 1 heterocycles. The molecule has 2 aromatic carbocycles. The van der Waals surface area contributed by atoms with Crippen LogP contribution in [0.4, 0.5) is 0 Å². The molecule has 0 aliphatic heterocycles. The van der Waals surface area contributed by atoms with Crippen molar-refractivity contribution in [2.75, 3.05) is 0 Å². The van der Waals surface area contributed by atoms with Gasteiger partial charge in [-0.2, -0.15) is 0 Å². The van der Waals surface area contributed by atoms with E-state index >= 15 is 0 Å². The van der Waals surface area contributed by atoms with Gasteiger partial charge >= 0.3 is 0 Å². The lowest BCUT2D eigenvalue weighted by Gasteiger charge is -2.23. The summed E-state index contributed by atoms with van der Waals surface area (Å²) in [7, 11) is 0. The molecule has 0 saturated carbocycles. The van der Waals surface area contributed by atoms with Gasteiger partial charge in [-0.3, -0.25) is 4.98 Å². The summed E-state index contributed by atoms with van der Waals surface area (Å²) in [5.74, 6) is 0. The molecule has 1 aromatic heterocycles. The Bertz CT molecular complexity index is 751. The third kappa shape index (κ3) is 2.32. The molecule has 100 valence electrons. The Morgan fingerprint density at radius 2 is 1.55 bits per heavy atom. The SMILES string of the molecule is CC(C)(C)c1ccccc1-c1cnc2ccccc2c1. The quantitative estimate of drug-likeness (QED) is 0.586. The largest absolute Gasteiger partial charge is 0.256 e. The Labute approximate surface area is 120 Å². The fourth-order valence-corrected chi connectivity index (χ4v) is 2.61. The maximum Gasteiger partial charge on any atom is 0.0702 e. The van der Waals surface area contributed by atoms with E-state index < -0.39 is 0 Å². The van der Waals surface area contributed by atoms with Crippen molar-refractivity contribution in [3.63, 3.8) is 0 Å². The smallest absolute Gasteiger partial charge is 0.0702 e. The van der Waals surface area contributed by atoms with Crippen LogP contribution in [-0.2, 0) is 5.41 Å². The van der Waals surface area contributed by atoms with Gasteiger partial charge in [0.2, 0.25) is 0 Å². The molecule has 0 amide bonds. The average Bonchev–Trinajstić information content (AvgIpc) is 2.46. The molecule has 0 radical (unpaired) electrons. The van der Waals surface area contributed by atoms with Gasteiger partial charge in [0.1, 0.15) is 0 Å². The third-order valence-corrected chi connectivity index (χ3v) is 3.64. The van der Waals surface area contributed by atoms with Gasteiger partial charge in [-0.1, -0.05) is 63.2 Å². The highest BCUT2D eigenvalue weighted by atomic mass is 14.6. The number of benzene rings is 2. The number of hydrogen-bond donors (Lipinski definition) is 0. The summed E-state index contributed by atoms with van der Waals surface area (Å²) >= 11 is 0. The summed E-state index contributed by atoms with van der Waals surface area (Å²) in [6.45, 7) is 6.75. The molecule has 1 heteroatoms. The minimum atomic E-state index is 0.127. The van der Waals surface area contributed by atoms with Crippen molar-refractivity contribution in [1.82, 2.24) is 4.98 Å². The molecule has 20 heavy (non-hydrogen) atoms. The van der Waals surface area contributed by atoms with Crippen LogP contribution in [0.3, 0.4) is 0 Å². The van der Waals surface area contributed by atoms with Crippen molar-refractivity contribution in [2.24, 2.45) is 0 Å². The van der Waals surface area contributed by atoms with E-state index in [0.29, 0.717) is 0 Å². The molecule has 0 N–H and O–H groups in total. The van der Waals surface area contributed by atoms with Crippen molar-refractivity contribution >= 4 is 10.9 Å². The Kier molecular flexibility index (Phi) is 3.06. The van der Waals surface area contributed by atoms with Gasteiger partial charge in [-0.25, -0.2) is 0 Å². The molecule has 0 unspecified atom stereocenters. The van der Waals surface area contributed by atoms with Crippen molar-refractivity contribution in [2.45, 2.75) is 26.2 Å². The highest BCUT2D eigenvalue weighted by molar-refractivity contribution is 5.84. The Morgan fingerprint density at radius 1 is 0.850 bits per heavy atom. The van der Waals surface area contributed by atoms with Gasteiger partial charge in [0.05, 0.1) is 5.52 Å². The summed E-state index contributed by atoms with van der Waals surface area (Å²) in [5.41, 5.74) is 5.00. The number of hydrogen-bond acceptors (Lipinski definition) is 1. The maximum atomic E-state index is 4.58. The number of para-hydroxylation sites is 1. The van der Waals surface area contributed by atoms with Gasteiger partial charge in [-0.15, -0.1) is 0 Å². The van der Waals surface area contributed by atoms with Gasteiger partial charge in [-0.05, 0) is 28.7 Å². The number of aromatic nitrogens is 1. The zero-order chi connectivity index (χ0) is 14.2. The van der Waals surface area contributed by atoms with Crippen molar-refractivity contribution in [3.8, 4) is 11.1 Å². The van der Waals surface area contributed by atoms with Gasteiger partial charge in [0, 0.05) is 17.1 Å². The minimum Gasteiger partial charge on any atom is -0.256 e. The molecule has 0 aliphatic carbocycles. The van der Waals surface area contributed by atoms with E-state index in [-0.39, 0.29) is 5.41 Å². The molecule has 1 nitrogen and oxygen atoms in total. The van der Waals surface area contributed by atoms with E-state index in [0.717, 1.165) is 5.52 Å². The first-order valence-corrected chi connectivity index (χ1v) is 7.00. The van der Waals surface area contributed by atoms with Crippen LogP contribution in [-0.4, -0.2) is 4.98 Å². The van der Waals surface area contributed by atoms with Gasteiger partial charge in [0.15, 0.2) is 0 Å². The minimum absolute atomic E-state index is 0.127. The lowest BCUT2D eigenvalue weighted by Crippen LogP contribution is -2.12. The zero-order valence-corrected chi connectivity index (χ0v) is 12.2. The Hall–Kier alpha value is -2.15. The summed E-state index contributed by atoms with van der Waals surface area (Å²) < 4.78 is 0. The van der Waals surface area contributed by atoms with Crippen LogP contribution >= 0.6 is 0 Å². The standard InChI is InChI=1S/C19H19N/c1-19(2,3)17-10-6-5-9-16(17)15-12-14-8-4-7-11-18(14)20-13-15/h4-13H,1-3H3. The molecule has 0 spiro atoms. The molecule has 3 rings (SSSR count). The van der Waals surface area contributed by atoms with E-state index in [1.54, 1.807) is 0 Å². The summed E-state index contributed by atoms with van der Waals surface area (Å²) in [6, 6.07) is 19.1. The van der Waals surface area contributed by atoms with Gasteiger partial charge < -0.3 is 0 Å². The highest BCUT2D eigenvalue weighted by Gasteiger charge is 2.18. The summed E-state index contributed by atoms with van der Waals surface area (Å²) in [4.78, 5) is 4.58.